The average Bonchev–Trinajstić information content (AvgIpc) is 3.11. The zero-order valence-electron chi connectivity index (χ0n) is 15.9. The minimum atomic E-state index is 0.150. The van der Waals surface area contributed by atoms with Gasteiger partial charge in [0, 0.05) is 36.6 Å². The highest BCUT2D eigenvalue weighted by molar-refractivity contribution is 5.95. The zero-order chi connectivity index (χ0) is 18.8. The van der Waals surface area contributed by atoms with Crippen molar-refractivity contribution < 1.29 is 9.32 Å². The number of rotatable bonds is 4. The van der Waals surface area contributed by atoms with Crippen molar-refractivity contribution in [3.05, 3.63) is 65.4 Å². The molecule has 1 aliphatic heterocycles. The minimum absolute atomic E-state index is 0.150. The second-order valence-corrected chi connectivity index (χ2v) is 7.38. The Morgan fingerprint density at radius 1 is 1.15 bits per heavy atom. The first-order valence-electron chi connectivity index (χ1n) is 9.52. The maximum Gasteiger partial charge on any atom is 0.254 e. The summed E-state index contributed by atoms with van der Waals surface area (Å²) in [7, 11) is 2.13. The molecule has 0 N–H and O–H groups in total. The van der Waals surface area contributed by atoms with E-state index in [-0.39, 0.29) is 5.91 Å². The molecule has 1 amide bonds. The highest BCUT2D eigenvalue weighted by atomic mass is 16.5. The van der Waals surface area contributed by atoms with E-state index in [2.05, 4.69) is 23.2 Å². The number of fused-ring (bicyclic) bond motifs is 1. The summed E-state index contributed by atoms with van der Waals surface area (Å²) in [4.78, 5) is 17.1. The van der Waals surface area contributed by atoms with Gasteiger partial charge in [-0.3, -0.25) is 9.69 Å². The molecule has 4 rings (SSSR count). The molecule has 5 nitrogen and oxygen atoms in total. The summed E-state index contributed by atoms with van der Waals surface area (Å²) in [5.74, 6) is 0.150. The van der Waals surface area contributed by atoms with Crippen molar-refractivity contribution in [2.24, 2.45) is 0 Å². The summed E-state index contributed by atoms with van der Waals surface area (Å²) in [6.07, 6.45) is 1.95. The Bertz CT molecular complexity index is 941. The predicted octanol–water partition coefficient (Wildman–Crippen LogP) is 3.87. The third kappa shape index (κ3) is 3.60. The number of carbonyl (C=O) groups excluding carboxylic acids is 1. The summed E-state index contributed by atoms with van der Waals surface area (Å²) < 4.78 is 5.42. The van der Waals surface area contributed by atoms with Crippen molar-refractivity contribution in [1.29, 1.82) is 0 Å². The van der Waals surface area contributed by atoms with Gasteiger partial charge in [-0.1, -0.05) is 35.5 Å². The zero-order valence-corrected chi connectivity index (χ0v) is 15.9. The number of aromatic nitrogens is 1. The van der Waals surface area contributed by atoms with Crippen LogP contribution in [0.3, 0.4) is 0 Å². The molecule has 27 heavy (non-hydrogen) atoms. The number of para-hydroxylation sites is 1. The number of benzene rings is 2. The van der Waals surface area contributed by atoms with Gasteiger partial charge in [-0.05, 0) is 50.6 Å². The second kappa shape index (κ2) is 7.53. The second-order valence-electron chi connectivity index (χ2n) is 7.38. The van der Waals surface area contributed by atoms with Gasteiger partial charge in [-0.2, -0.15) is 0 Å². The first-order valence-corrected chi connectivity index (χ1v) is 9.52. The van der Waals surface area contributed by atoms with Crippen LogP contribution in [0, 0.1) is 6.92 Å². The van der Waals surface area contributed by atoms with E-state index < -0.39 is 0 Å². The van der Waals surface area contributed by atoms with Crippen molar-refractivity contribution in [2.45, 2.75) is 32.4 Å². The first-order chi connectivity index (χ1) is 13.1. The summed E-state index contributed by atoms with van der Waals surface area (Å²) >= 11 is 0. The molecule has 1 aromatic heterocycles. The number of aryl methyl sites for hydroxylation is 1. The van der Waals surface area contributed by atoms with Gasteiger partial charge in [0.1, 0.15) is 5.69 Å². The number of nitrogens with zero attached hydrogens (tertiary/aromatic N) is 3. The molecule has 1 saturated heterocycles. The van der Waals surface area contributed by atoms with Gasteiger partial charge in [-0.25, -0.2) is 0 Å². The van der Waals surface area contributed by atoms with Crippen LogP contribution in [-0.4, -0.2) is 47.0 Å². The Labute approximate surface area is 159 Å². The van der Waals surface area contributed by atoms with E-state index in [0.717, 1.165) is 60.3 Å². The molecule has 5 heteroatoms. The SMILES string of the molecule is Cc1ccccc1C(=O)N1CCC(N(C)Cc2noc3ccccc23)CC1. The van der Waals surface area contributed by atoms with E-state index in [1.165, 1.54) is 0 Å². The normalized spacial score (nSPS) is 15.6. The van der Waals surface area contributed by atoms with Crippen molar-refractivity contribution >= 4 is 16.9 Å². The molecule has 0 spiro atoms. The molecule has 2 aromatic carbocycles. The Balaban J connectivity index is 1.37. The lowest BCUT2D eigenvalue weighted by Crippen LogP contribution is -2.45. The molecule has 1 fully saturated rings. The fourth-order valence-electron chi connectivity index (χ4n) is 3.91. The van der Waals surface area contributed by atoms with E-state index in [4.69, 9.17) is 4.52 Å². The van der Waals surface area contributed by atoms with Gasteiger partial charge in [0.2, 0.25) is 0 Å². The van der Waals surface area contributed by atoms with Gasteiger partial charge in [0.05, 0.1) is 0 Å². The van der Waals surface area contributed by atoms with Gasteiger partial charge in [-0.15, -0.1) is 0 Å². The quantitative estimate of drug-likeness (QED) is 0.706. The van der Waals surface area contributed by atoms with Gasteiger partial charge in [0.25, 0.3) is 5.91 Å². The molecule has 0 saturated carbocycles. The molecule has 140 valence electrons. The summed E-state index contributed by atoms with van der Waals surface area (Å²) in [6, 6.07) is 16.2. The topological polar surface area (TPSA) is 49.6 Å². The van der Waals surface area contributed by atoms with Crippen LogP contribution in [0.4, 0.5) is 0 Å². The minimum Gasteiger partial charge on any atom is -0.356 e. The third-order valence-electron chi connectivity index (χ3n) is 5.60. The Kier molecular flexibility index (Phi) is 4.94. The highest BCUT2D eigenvalue weighted by Crippen LogP contribution is 2.23. The molecule has 0 bridgehead atoms. The molecule has 2 heterocycles. The van der Waals surface area contributed by atoms with E-state index >= 15 is 0 Å². The van der Waals surface area contributed by atoms with Crippen LogP contribution >= 0.6 is 0 Å². The van der Waals surface area contributed by atoms with Crippen molar-refractivity contribution in [3.63, 3.8) is 0 Å². The highest BCUT2D eigenvalue weighted by Gasteiger charge is 2.27. The van der Waals surface area contributed by atoms with Crippen LogP contribution in [0.5, 0.6) is 0 Å². The smallest absolute Gasteiger partial charge is 0.254 e. The van der Waals surface area contributed by atoms with Crippen molar-refractivity contribution in [2.75, 3.05) is 20.1 Å². The monoisotopic (exact) mass is 363 g/mol. The lowest BCUT2D eigenvalue weighted by Gasteiger charge is -2.36. The molecule has 1 aliphatic rings. The molecule has 0 atom stereocenters. The number of carbonyl (C=O) groups is 1. The maximum absolute atomic E-state index is 12.8. The Morgan fingerprint density at radius 3 is 2.63 bits per heavy atom. The first kappa shape index (κ1) is 17.7. The standard InChI is InChI=1S/C22H25N3O2/c1-16-7-3-4-8-18(16)22(26)25-13-11-17(12-14-25)24(2)15-20-19-9-5-6-10-21(19)27-23-20/h3-10,17H,11-15H2,1-2H3. The number of hydrogen-bond donors (Lipinski definition) is 0. The molecular formula is C22H25N3O2. The summed E-state index contributed by atoms with van der Waals surface area (Å²) in [6.45, 7) is 4.34. The average molecular weight is 363 g/mol. The molecule has 0 aliphatic carbocycles. The predicted molar refractivity (Wildman–Crippen MR) is 106 cm³/mol. The lowest BCUT2D eigenvalue weighted by atomic mass is 10.0. The molecule has 0 unspecified atom stereocenters. The fourth-order valence-corrected chi connectivity index (χ4v) is 3.91. The van der Waals surface area contributed by atoms with Crippen LogP contribution in [0.15, 0.2) is 53.1 Å². The van der Waals surface area contributed by atoms with Gasteiger partial charge < -0.3 is 9.42 Å². The lowest BCUT2D eigenvalue weighted by molar-refractivity contribution is 0.0637. The van der Waals surface area contributed by atoms with Crippen molar-refractivity contribution in [1.82, 2.24) is 15.0 Å². The van der Waals surface area contributed by atoms with E-state index in [1.54, 1.807) is 0 Å². The number of piperidine rings is 1. The molecule has 3 aromatic rings. The van der Waals surface area contributed by atoms with Gasteiger partial charge >= 0.3 is 0 Å². The van der Waals surface area contributed by atoms with E-state index in [1.807, 2.05) is 54.3 Å². The van der Waals surface area contributed by atoms with E-state index in [0.29, 0.717) is 6.04 Å². The van der Waals surface area contributed by atoms with Crippen LogP contribution in [0.1, 0.15) is 34.5 Å². The summed E-state index contributed by atoms with van der Waals surface area (Å²) in [5.41, 5.74) is 3.67. The number of likely N-dealkylation sites (tertiary alicyclic amines) is 1. The van der Waals surface area contributed by atoms with Crippen LogP contribution < -0.4 is 0 Å². The number of amides is 1. The largest absolute Gasteiger partial charge is 0.356 e. The third-order valence-corrected chi connectivity index (χ3v) is 5.60. The van der Waals surface area contributed by atoms with Crippen molar-refractivity contribution in [3.8, 4) is 0 Å². The van der Waals surface area contributed by atoms with Gasteiger partial charge in [0.15, 0.2) is 5.58 Å². The molecule has 0 radical (unpaired) electrons. The van der Waals surface area contributed by atoms with E-state index in [9.17, 15) is 4.79 Å². The Hall–Kier alpha value is -2.66. The maximum atomic E-state index is 12.8. The van der Waals surface area contributed by atoms with Crippen LogP contribution in [0.2, 0.25) is 0 Å². The summed E-state index contributed by atoms with van der Waals surface area (Å²) in [5, 5.41) is 5.32. The Morgan fingerprint density at radius 2 is 1.85 bits per heavy atom. The van der Waals surface area contributed by atoms with Crippen LogP contribution in [-0.2, 0) is 6.54 Å². The molecular weight excluding hydrogens is 338 g/mol. The fraction of sp³-hybridized carbons (Fsp3) is 0.364. The van der Waals surface area contributed by atoms with Crippen LogP contribution in [0.25, 0.3) is 11.0 Å². The number of hydrogen-bond acceptors (Lipinski definition) is 4.